The second-order valence-electron chi connectivity index (χ2n) is 8.76. The van der Waals surface area contributed by atoms with E-state index in [2.05, 4.69) is 20.2 Å². The second kappa shape index (κ2) is 14.4. The van der Waals surface area contributed by atoms with Crippen LogP contribution in [-0.2, 0) is 16.1 Å². The topological polar surface area (TPSA) is 113 Å². The zero-order chi connectivity index (χ0) is 24.9. The summed E-state index contributed by atoms with van der Waals surface area (Å²) in [6.45, 7) is 6.92. The number of amides is 1. The first-order valence-electron chi connectivity index (χ1n) is 12.2. The van der Waals surface area contributed by atoms with E-state index in [1.165, 1.54) is 5.56 Å². The number of rotatable bonds is 10. The van der Waals surface area contributed by atoms with Gasteiger partial charge in [-0.05, 0) is 61.1 Å². The van der Waals surface area contributed by atoms with Crippen LogP contribution >= 0.6 is 0 Å². The third kappa shape index (κ3) is 8.90. The lowest BCUT2D eigenvalue weighted by Gasteiger charge is -2.26. The van der Waals surface area contributed by atoms with Crippen molar-refractivity contribution < 1.29 is 14.6 Å². The molecule has 1 unspecified atom stereocenters. The van der Waals surface area contributed by atoms with E-state index >= 15 is 0 Å². The van der Waals surface area contributed by atoms with E-state index in [0.717, 1.165) is 74.6 Å². The summed E-state index contributed by atoms with van der Waals surface area (Å²) in [5.74, 6) is -0.174. The van der Waals surface area contributed by atoms with Crippen LogP contribution in [0.3, 0.4) is 0 Å². The molecule has 2 heterocycles. The number of anilines is 1. The van der Waals surface area contributed by atoms with Gasteiger partial charge in [0.15, 0.2) is 0 Å². The summed E-state index contributed by atoms with van der Waals surface area (Å²) in [4.78, 5) is 23.6. The molecule has 188 valence electrons. The summed E-state index contributed by atoms with van der Waals surface area (Å²) < 4.78 is 5.40. The van der Waals surface area contributed by atoms with Gasteiger partial charge in [-0.2, -0.15) is 0 Å². The van der Waals surface area contributed by atoms with Gasteiger partial charge in [-0.15, -0.1) is 0 Å². The van der Waals surface area contributed by atoms with Crippen molar-refractivity contribution in [3.8, 4) is 0 Å². The van der Waals surface area contributed by atoms with Gasteiger partial charge in [0.25, 0.3) is 0 Å². The number of hydrogen-bond acceptors (Lipinski definition) is 7. The molecular weight excluding hydrogens is 442 g/mol. The van der Waals surface area contributed by atoms with Gasteiger partial charge in [0, 0.05) is 56.1 Å². The Balaban J connectivity index is 1.58. The maximum Gasteiger partial charge on any atom is 0.248 e. The van der Waals surface area contributed by atoms with Crippen LogP contribution in [0.4, 0.5) is 5.69 Å². The number of benzene rings is 1. The summed E-state index contributed by atoms with van der Waals surface area (Å²) in [7, 11) is 0. The Bertz CT molecular complexity index is 973. The van der Waals surface area contributed by atoms with Gasteiger partial charge >= 0.3 is 0 Å². The van der Waals surface area contributed by atoms with E-state index in [9.17, 15) is 9.90 Å². The van der Waals surface area contributed by atoms with E-state index in [4.69, 9.17) is 10.5 Å². The molecule has 2 aliphatic rings. The Hall–Kier alpha value is -3.07. The number of carbonyl (C=O) groups excluding carboxylic acids is 1. The molecule has 0 aromatic heterocycles. The molecule has 1 saturated heterocycles. The van der Waals surface area contributed by atoms with E-state index < -0.39 is 0 Å². The highest BCUT2D eigenvalue weighted by atomic mass is 16.5. The van der Waals surface area contributed by atoms with Crippen LogP contribution in [-0.4, -0.2) is 73.8 Å². The first-order chi connectivity index (χ1) is 17.1. The molecule has 4 N–H and O–H groups in total. The smallest absolute Gasteiger partial charge is 0.248 e. The van der Waals surface area contributed by atoms with Crippen LogP contribution in [0.1, 0.15) is 31.7 Å². The van der Waals surface area contributed by atoms with Gasteiger partial charge in [-0.3, -0.25) is 19.7 Å². The van der Waals surface area contributed by atoms with Crippen molar-refractivity contribution in [1.82, 2.24) is 4.90 Å². The number of nitrogens with two attached hydrogens (primary N) is 1. The lowest BCUT2D eigenvalue weighted by molar-refractivity contribution is -0.111. The molecule has 0 bridgehead atoms. The van der Waals surface area contributed by atoms with Crippen molar-refractivity contribution in [1.29, 1.82) is 0 Å². The number of nitrogens with one attached hydrogen (secondary N) is 1. The summed E-state index contributed by atoms with van der Waals surface area (Å²) in [5, 5.41) is 12.2. The zero-order valence-corrected chi connectivity index (χ0v) is 20.5. The van der Waals surface area contributed by atoms with Crippen molar-refractivity contribution in [2.75, 3.05) is 44.8 Å². The number of carbonyl (C=O) groups is 1. The van der Waals surface area contributed by atoms with Gasteiger partial charge in [-0.1, -0.05) is 18.2 Å². The highest BCUT2D eigenvalue weighted by molar-refractivity contribution is 5.99. The Morgan fingerprint density at radius 3 is 2.80 bits per heavy atom. The minimum atomic E-state index is -0.189. The molecule has 1 fully saturated rings. The van der Waals surface area contributed by atoms with Gasteiger partial charge in [0.2, 0.25) is 5.91 Å². The van der Waals surface area contributed by atoms with Crippen LogP contribution in [0.2, 0.25) is 0 Å². The fourth-order valence-corrected chi connectivity index (χ4v) is 3.93. The average Bonchev–Trinajstić information content (AvgIpc) is 3.12. The molecule has 0 spiro atoms. The Kier molecular flexibility index (Phi) is 10.9. The molecule has 8 nitrogen and oxygen atoms in total. The van der Waals surface area contributed by atoms with Crippen LogP contribution in [0, 0.1) is 0 Å². The molecule has 0 aliphatic carbocycles. The fourth-order valence-electron chi connectivity index (χ4n) is 3.93. The van der Waals surface area contributed by atoms with Gasteiger partial charge in [-0.25, -0.2) is 0 Å². The summed E-state index contributed by atoms with van der Waals surface area (Å²) in [6.07, 6.45) is 10.8. The highest BCUT2D eigenvalue weighted by Gasteiger charge is 2.12. The molecule has 3 rings (SSSR count). The molecule has 2 aliphatic heterocycles. The maximum absolute atomic E-state index is 12.5. The van der Waals surface area contributed by atoms with Crippen LogP contribution < -0.4 is 11.1 Å². The number of aliphatic hydroxyl groups is 1. The van der Waals surface area contributed by atoms with E-state index in [1.54, 1.807) is 18.5 Å². The molecule has 1 aromatic carbocycles. The van der Waals surface area contributed by atoms with E-state index in [0.29, 0.717) is 6.42 Å². The molecule has 0 saturated carbocycles. The standard InChI is InChI=1S/C27H37N5O3/c1-21(20-33)30-18-24(16-28)26-5-3-11-29-17-23(26)4-2-6-27(34)31-25-9-7-22(8-10-25)19-32-12-14-35-15-13-32/h2,6-10,16-18,21,33H,3-5,11-15,19-20,28H2,1H3,(H,31,34)/b6-2+,24-16?,30-18?. The van der Waals surface area contributed by atoms with Gasteiger partial charge < -0.3 is 20.9 Å². The van der Waals surface area contributed by atoms with Crippen LogP contribution in [0.15, 0.2) is 69.3 Å². The van der Waals surface area contributed by atoms with Crippen molar-refractivity contribution in [3.63, 3.8) is 0 Å². The number of aliphatic hydroxyl groups excluding tert-OH is 1. The van der Waals surface area contributed by atoms with Gasteiger partial charge in [0.05, 0.1) is 25.9 Å². The predicted octanol–water partition coefficient (Wildman–Crippen LogP) is 2.86. The number of hydrogen-bond donors (Lipinski definition) is 3. The molecule has 1 aromatic rings. The van der Waals surface area contributed by atoms with Gasteiger partial charge in [0.1, 0.15) is 0 Å². The Labute approximate surface area is 208 Å². The molecule has 0 radical (unpaired) electrons. The maximum atomic E-state index is 12.5. The lowest BCUT2D eigenvalue weighted by Crippen LogP contribution is -2.35. The number of ether oxygens (including phenoxy) is 1. The third-order valence-corrected chi connectivity index (χ3v) is 5.95. The van der Waals surface area contributed by atoms with Crippen molar-refractivity contribution >= 4 is 24.0 Å². The minimum absolute atomic E-state index is 0.0177. The van der Waals surface area contributed by atoms with Crippen molar-refractivity contribution in [2.24, 2.45) is 15.7 Å². The normalized spacial score (nSPS) is 18.9. The first-order valence-corrected chi connectivity index (χ1v) is 12.2. The highest BCUT2D eigenvalue weighted by Crippen LogP contribution is 2.23. The fraction of sp³-hybridized carbons (Fsp3) is 0.444. The minimum Gasteiger partial charge on any atom is -0.404 e. The second-order valence-corrected chi connectivity index (χ2v) is 8.76. The molecule has 1 atom stereocenters. The van der Waals surface area contributed by atoms with Crippen molar-refractivity contribution in [3.05, 3.63) is 64.9 Å². The van der Waals surface area contributed by atoms with Crippen molar-refractivity contribution in [2.45, 2.75) is 38.8 Å². The average molecular weight is 480 g/mol. The molecular formula is C27H37N5O3. The van der Waals surface area contributed by atoms with Crippen LogP contribution in [0.25, 0.3) is 0 Å². The number of aliphatic imine (C=N–C) groups is 2. The zero-order valence-electron chi connectivity index (χ0n) is 20.5. The summed E-state index contributed by atoms with van der Waals surface area (Å²) in [6, 6.07) is 7.78. The predicted molar refractivity (Wildman–Crippen MR) is 142 cm³/mol. The summed E-state index contributed by atoms with van der Waals surface area (Å²) in [5.41, 5.74) is 10.8. The Morgan fingerprint density at radius 1 is 1.31 bits per heavy atom. The number of nitrogens with zero attached hydrogens (tertiary/aromatic N) is 3. The molecule has 35 heavy (non-hydrogen) atoms. The third-order valence-electron chi connectivity index (χ3n) is 5.95. The quantitative estimate of drug-likeness (QED) is 0.353. The van der Waals surface area contributed by atoms with E-state index in [-0.39, 0.29) is 18.6 Å². The van der Waals surface area contributed by atoms with Crippen LogP contribution in [0.5, 0.6) is 0 Å². The summed E-state index contributed by atoms with van der Waals surface area (Å²) >= 11 is 0. The lowest BCUT2D eigenvalue weighted by atomic mass is 9.95. The first kappa shape index (κ1) is 26.5. The SMILES string of the molecule is CC(CO)N=CC(=CN)C1=C(C/C=C/C(=O)Nc2ccc(CN3CCOCC3)cc2)C=NCCC1. The Morgan fingerprint density at radius 2 is 2.09 bits per heavy atom. The molecule has 1 amide bonds. The number of allylic oxidation sites excluding steroid dienone is 4. The monoisotopic (exact) mass is 479 g/mol. The number of morpholine rings is 1. The van der Waals surface area contributed by atoms with E-state index in [1.807, 2.05) is 43.5 Å². The molecule has 8 heteroatoms. The largest absolute Gasteiger partial charge is 0.404 e.